The number of benzene rings is 1. The summed E-state index contributed by atoms with van der Waals surface area (Å²) in [7, 11) is -3.49. The summed E-state index contributed by atoms with van der Waals surface area (Å²) in [6, 6.07) is 4.41. The van der Waals surface area contributed by atoms with Crippen LogP contribution < -0.4 is 0 Å². The van der Waals surface area contributed by atoms with Crippen molar-refractivity contribution >= 4 is 31.9 Å². The van der Waals surface area contributed by atoms with E-state index in [-0.39, 0.29) is 11.5 Å². The second kappa shape index (κ2) is 6.24. The number of esters is 1. The van der Waals surface area contributed by atoms with Gasteiger partial charge in [-0.25, -0.2) is 13.2 Å². The topological polar surface area (TPSA) is 63.7 Å². The number of sulfonamides is 1. The quantitative estimate of drug-likeness (QED) is 0.772. The Balaban J connectivity index is 2.32. The average molecular weight is 362 g/mol. The molecule has 2 rings (SSSR count). The molecule has 1 saturated heterocycles. The molecule has 1 aromatic carbocycles. The fourth-order valence-electron chi connectivity index (χ4n) is 2.12. The number of nitrogens with zero attached hydrogens (tertiary/aromatic N) is 1. The van der Waals surface area contributed by atoms with Crippen molar-refractivity contribution in [2.75, 3.05) is 19.7 Å². The molecule has 0 unspecified atom stereocenters. The Kier molecular flexibility index (Phi) is 4.82. The third kappa shape index (κ3) is 3.05. The molecule has 1 aliphatic heterocycles. The Morgan fingerprint density at radius 3 is 2.55 bits per heavy atom. The molecule has 0 saturated carbocycles. The van der Waals surface area contributed by atoms with E-state index in [0.29, 0.717) is 23.1 Å². The zero-order valence-corrected chi connectivity index (χ0v) is 13.5. The molecule has 1 aliphatic rings. The first-order chi connectivity index (χ1) is 9.46. The summed E-state index contributed by atoms with van der Waals surface area (Å²) in [6.07, 6.45) is 1.77. The molecular weight excluding hydrogens is 346 g/mol. The van der Waals surface area contributed by atoms with E-state index in [9.17, 15) is 13.2 Å². The van der Waals surface area contributed by atoms with E-state index in [1.807, 2.05) is 0 Å². The first-order valence-electron chi connectivity index (χ1n) is 6.43. The minimum absolute atomic E-state index is 0.187. The molecule has 0 aliphatic carbocycles. The van der Waals surface area contributed by atoms with Gasteiger partial charge in [-0.3, -0.25) is 0 Å². The van der Waals surface area contributed by atoms with Gasteiger partial charge in [0.05, 0.1) is 17.1 Å². The maximum atomic E-state index is 12.4. The number of carbonyl (C=O) groups is 1. The van der Waals surface area contributed by atoms with E-state index in [4.69, 9.17) is 4.74 Å². The van der Waals surface area contributed by atoms with Crippen LogP contribution >= 0.6 is 15.9 Å². The molecule has 0 aromatic heterocycles. The molecular formula is C13H16BrNO4S. The van der Waals surface area contributed by atoms with Crippen LogP contribution in [0.2, 0.25) is 0 Å². The van der Waals surface area contributed by atoms with Crippen molar-refractivity contribution in [3.05, 3.63) is 28.2 Å². The highest BCUT2D eigenvalue weighted by Crippen LogP contribution is 2.28. The van der Waals surface area contributed by atoms with E-state index >= 15 is 0 Å². The molecule has 1 fully saturated rings. The van der Waals surface area contributed by atoms with Crippen LogP contribution in [0, 0.1) is 0 Å². The molecule has 110 valence electrons. The highest BCUT2D eigenvalue weighted by molar-refractivity contribution is 9.10. The van der Waals surface area contributed by atoms with Gasteiger partial charge >= 0.3 is 5.97 Å². The van der Waals surface area contributed by atoms with Crippen molar-refractivity contribution < 1.29 is 17.9 Å². The number of hydrogen-bond acceptors (Lipinski definition) is 4. The molecule has 0 N–H and O–H groups in total. The summed E-state index contributed by atoms with van der Waals surface area (Å²) >= 11 is 3.24. The minimum atomic E-state index is -3.49. The van der Waals surface area contributed by atoms with Gasteiger partial charge in [0.1, 0.15) is 0 Å². The maximum Gasteiger partial charge on any atom is 0.338 e. The third-order valence-electron chi connectivity index (χ3n) is 3.13. The van der Waals surface area contributed by atoms with Crippen LogP contribution in [0.1, 0.15) is 30.1 Å². The summed E-state index contributed by atoms with van der Waals surface area (Å²) in [5.74, 6) is -0.460. The third-order valence-corrected chi connectivity index (χ3v) is 6.00. The van der Waals surface area contributed by atoms with E-state index in [0.717, 1.165) is 12.8 Å². The molecule has 0 bridgehead atoms. The van der Waals surface area contributed by atoms with Crippen LogP contribution in [0.15, 0.2) is 27.6 Å². The van der Waals surface area contributed by atoms with Crippen LogP contribution in [0.25, 0.3) is 0 Å². The molecule has 1 heterocycles. The molecule has 7 heteroatoms. The van der Waals surface area contributed by atoms with Gasteiger partial charge in [-0.05, 0) is 53.9 Å². The van der Waals surface area contributed by atoms with Gasteiger partial charge in [0, 0.05) is 17.6 Å². The number of halogens is 1. The highest BCUT2D eigenvalue weighted by Gasteiger charge is 2.29. The van der Waals surface area contributed by atoms with Crippen LogP contribution in [-0.4, -0.2) is 38.4 Å². The zero-order valence-electron chi connectivity index (χ0n) is 11.1. The predicted molar refractivity (Wildman–Crippen MR) is 78.1 cm³/mol. The summed E-state index contributed by atoms with van der Waals surface area (Å²) in [5.41, 5.74) is 0.332. The first kappa shape index (κ1) is 15.5. The van der Waals surface area contributed by atoms with Gasteiger partial charge in [-0.1, -0.05) is 0 Å². The number of hydrogen-bond donors (Lipinski definition) is 0. The lowest BCUT2D eigenvalue weighted by atomic mass is 10.2. The fourth-order valence-corrected chi connectivity index (χ4v) is 4.67. The summed E-state index contributed by atoms with van der Waals surface area (Å²) in [5, 5.41) is 0. The van der Waals surface area contributed by atoms with Crippen LogP contribution in [0.5, 0.6) is 0 Å². The second-order valence-corrected chi connectivity index (χ2v) is 7.24. The Hall–Kier alpha value is -0.920. The predicted octanol–water partition coefficient (Wildman–Crippen LogP) is 2.41. The monoisotopic (exact) mass is 361 g/mol. The van der Waals surface area contributed by atoms with E-state index in [1.54, 1.807) is 6.92 Å². The van der Waals surface area contributed by atoms with E-state index in [2.05, 4.69) is 15.9 Å². The van der Waals surface area contributed by atoms with Crippen LogP contribution in [0.4, 0.5) is 0 Å². The van der Waals surface area contributed by atoms with Gasteiger partial charge in [0.15, 0.2) is 0 Å². The van der Waals surface area contributed by atoms with Crippen molar-refractivity contribution in [3.63, 3.8) is 0 Å². The summed E-state index contributed by atoms with van der Waals surface area (Å²) < 4.78 is 31.6. The Labute approximate surface area is 127 Å². The molecule has 0 amide bonds. The number of ether oxygens (including phenoxy) is 1. The largest absolute Gasteiger partial charge is 0.462 e. The van der Waals surface area contributed by atoms with Crippen LogP contribution in [-0.2, 0) is 14.8 Å². The lowest BCUT2D eigenvalue weighted by Crippen LogP contribution is -2.28. The minimum Gasteiger partial charge on any atom is -0.462 e. The number of carbonyl (C=O) groups excluding carboxylic acids is 1. The van der Waals surface area contributed by atoms with Crippen molar-refractivity contribution in [1.29, 1.82) is 0 Å². The molecule has 1 aromatic rings. The van der Waals surface area contributed by atoms with Crippen molar-refractivity contribution in [2.45, 2.75) is 24.7 Å². The van der Waals surface area contributed by atoms with Gasteiger partial charge in [-0.2, -0.15) is 4.31 Å². The molecule has 0 spiro atoms. The Morgan fingerprint density at radius 2 is 2.00 bits per heavy atom. The Morgan fingerprint density at radius 1 is 1.35 bits per heavy atom. The molecule has 0 atom stereocenters. The van der Waals surface area contributed by atoms with Gasteiger partial charge in [0.25, 0.3) is 0 Å². The van der Waals surface area contributed by atoms with E-state index < -0.39 is 16.0 Å². The lowest BCUT2D eigenvalue weighted by molar-refractivity contribution is 0.0526. The zero-order chi connectivity index (χ0) is 14.8. The summed E-state index contributed by atoms with van der Waals surface area (Å²) in [6.45, 7) is 3.10. The summed E-state index contributed by atoms with van der Waals surface area (Å²) in [4.78, 5) is 11.8. The van der Waals surface area contributed by atoms with Crippen molar-refractivity contribution in [3.8, 4) is 0 Å². The van der Waals surface area contributed by atoms with Gasteiger partial charge < -0.3 is 4.74 Å². The van der Waals surface area contributed by atoms with Crippen molar-refractivity contribution in [2.24, 2.45) is 0 Å². The molecule has 20 heavy (non-hydrogen) atoms. The normalized spacial score (nSPS) is 16.3. The molecule has 5 nitrogen and oxygen atoms in total. The van der Waals surface area contributed by atoms with Crippen LogP contribution in [0.3, 0.4) is 0 Å². The smallest absolute Gasteiger partial charge is 0.338 e. The second-order valence-electron chi connectivity index (χ2n) is 4.48. The average Bonchev–Trinajstić information content (AvgIpc) is 2.93. The Bertz CT molecular complexity index is 609. The highest BCUT2D eigenvalue weighted by atomic mass is 79.9. The maximum absolute atomic E-state index is 12.4. The standard InChI is InChI=1S/C13H16BrNO4S/c1-2-19-13(16)10-5-6-12(11(14)9-10)20(17,18)15-7-3-4-8-15/h5-6,9H,2-4,7-8H2,1H3. The number of rotatable bonds is 4. The first-order valence-corrected chi connectivity index (χ1v) is 8.67. The van der Waals surface area contributed by atoms with E-state index in [1.165, 1.54) is 22.5 Å². The van der Waals surface area contributed by atoms with Gasteiger partial charge in [0.2, 0.25) is 10.0 Å². The van der Waals surface area contributed by atoms with Gasteiger partial charge in [-0.15, -0.1) is 0 Å². The molecule has 0 radical (unpaired) electrons. The fraction of sp³-hybridized carbons (Fsp3) is 0.462. The SMILES string of the molecule is CCOC(=O)c1ccc(S(=O)(=O)N2CCCC2)c(Br)c1. The lowest BCUT2D eigenvalue weighted by Gasteiger charge is -2.16. The van der Waals surface area contributed by atoms with Crippen molar-refractivity contribution in [1.82, 2.24) is 4.31 Å².